The van der Waals surface area contributed by atoms with Crippen LogP contribution in [0.5, 0.6) is 0 Å². The van der Waals surface area contributed by atoms with Gasteiger partial charge in [-0.15, -0.1) is 11.3 Å². The van der Waals surface area contributed by atoms with Gasteiger partial charge in [-0.3, -0.25) is 4.90 Å². The maximum Gasteiger partial charge on any atom is 0.146 e. The zero-order chi connectivity index (χ0) is 23.9. The zero-order valence-electron chi connectivity index (χ0n) is 21.3. The zero-order valence-corrected chi connectivity index (χ0v) is 22.2. The number of hydrogen-bond donors (Lipinski definition) is 0. The molecular formula is C28H37N5OS. The lowest BCUT2D eigenvalue weighted by molar-refractivity contribution is 0.0331. The van der Waals surface area contributed by atoms with Crippen LogP contribution < -0.4 is 9.80 Å². The lowest BCUT2D eigenvalue weighted by Gasteiger charge is -2.38. The third-order valence-electron chi connectivity index (χ3n) is 8.15. The van der Waals surface area contributed by atoms with Crippen molar-refractivity contribution in [3.8, 4) is 0 Å². The number of fused-ring (bicyclic) bond motifs is 3. The molecule has 3 aliphatic rings. The normalized spacial score (nSPS) is 21.5. The minimum Gasteiger partial charge on any atom is -0.379 e. The van der Waals surface area contributed by atoms with Gasteiger partial charge in [-0.2, -0.15) is 0 Å². The van der Waals surface area contributed by atoms with Crippen molar-refractivity contribution in [2.45, 2.75) is 46.6 Å². The molecule has 2 aromatic heterocycles. The molecule has 1 unspecified atom stereocenters. The highest BCUT2D eigenvalue weighted by molar-refractivity contribution is 7.19. The van der Waals surface area contributed by atoms with Gasteiger partial charge in [-0.25, -0.2) is 9.97 Å². The summed E-state index contributed by atoms with van der Waals surface area (Å²) in [5, 5.41) is 1.35. The quantitative estimate of drug-likeness (QED) is 0.532. The number of morpholine rings is 1. The van der Waals surface area contributed by atoms with Crippen molar-refractivity contribution in [3.63, 3.8) is 0 Å². The molecule has 0 N–H and O–H groups in total. The van der Waals surface area contributed by atoms with Crippen molar-refractivity contribution >= 4 is 33.1 Å². The first-order chi connectivity index (χ1) is 17.1. The summed E-state index contributed by atoms with van der Waals surface area (Å²) in [6.45, 7) is 15.2. The second kappa shape index (κ2) is 9.68. The number of rotatable bonds is 4. The lowest BCUT2D eigenvalue weighted by Crippen LogP contribution is -2.47. The van der Waals surface area contributed by atoms with Crippen LogP contribution >= 0.6 is 11.3 Å². The number of benzene rings is 1. The summed E-state index contributed by atoms with van der Waals surface area (Å²) in [5.41, 5.74) is 5.69. The molecular weight excluding hydrogens is 454 g/mol. The fourth-order valence-electron chi connectivity index (χ4n) is 5.86. The summed E-state index contributed by atoms with van der Waals surface area (Å²) in [6, 6.07) is 6.68. The van der Waals surface area contributed by atoms with E-state index < -0.39 is 0 Å². The van der Waals surface area contributed by atoms with Crippen LogP contribution in [-0.4, -0.2) is 67.4 Å². The van der Waals surface area contributed by atoms with Gasteiger partial charge in [0.2, 0.25) is 0 Å². The third-order valence-corrected chi connectivity index (χ3v) is 9.30. The van der Waals surface area contributed by atoms with Crippen LogP contribution in [-0.2, 0) is 24.1 Å². The number of hydrogen-bond acceptors (Lipinski definition) is 7. The first kappa shape index (κ1) is 23.2. The Hall–Kier alpha value is -2.22. The van der Waals surface area contributed by atoms with E-state index in [0.717, 1.165) is 77.2 Å². The van der Waals surface area contributed by atoms with Crippen LogP contribution in [0, 0.1) is 19.8 Å². The average Bonchev–Trinajstić information content (AvgIpc) is 3.23. The SMILES string of the molecule is Cc1cccc(N2CCN(c3nc(CN4CCOCC4)nc4sc5c(c34)CCC(C)C5)CC2)c1C. The number of nitrogens with zero attached hydrogens (tertiary/aromatic N) is 5. The Labute approximate surface area is 212 Å². The van der Waals surface area contributed by atoms with E-state index in [-0.39, 0.29) is 0 Å². The van der Waals surface area contributed by atoms with E-state index >= 15 is 0 Å². The molecule has 1 aromatic carbocycles. The summed E-state index contributed by atoms with van der Waals surface area (Å²) in [5.74, 6) is 2.92. The predicted octanol–water partition coefficient (Wildman–Crippen LogP) is 4.59. The van der Waals surface area contributed by atoms with E-state index in [1.54, 1.807) is 4.88 Å². The smallest absolute Gasteiger partial charge is 0.146 e. The Bertz CT molecular complexity index is 1210. The van der Waals surface area contributed by atoms with Crippen LogP contribution in [0.1, 0.15) is 40.7 Å². The molecule has 0 radical (unpaired) electrons. The molecule has 3 aromatic rings. The minimum absolute atomic E-state index is 0.765. The Morgan fingerprint density at radius 2 is 1.77 bits per heavy atom. The molecule has 1 atom stereocenters. The van der Waals surface area contributed by atoms with E-state index in [1.807, 2.05) is 11.3 Å². The van der Waals surface area contributed by atoms with Gasteiger partial charge in [0.05, 0.1) is 25.1 Å². The largest absolute Gasteiger partial charge is 0.379 e. The molecule has 0 spiro atoms. The van der Waals surface area contributed by atoms with Gasteiger partial charge >= 0.3 is 0 Å². The Kier molecular flexibility index (Phi) is 6.41. The van der Waals surface area contributed by atoms with Crippen LogP contribution in [0.15, 0.2) is 18.2 Å². The maximum absolute atomic E-state index is 5.56. The molecule has 186 valence electrons. The molecule has 6 nitrogen and oxygen atoms in total. The molecule has 2 saturated heterocycles. The summed E-state index contributed by atoms with van der Waals surface area (Å²) >= 11 is 1.93. The Balaban J connectivity index is 1.32. The Morgan fingerprint density at radius 1 is 1.00 bits per heavy atom. The van der Waals surface area contributed by atoms with E-state index in [4.69, 9.17) is 14.7 Å². The van der Waals surface area contributed by atoms with Gasteiger partial charge in [0, 0.05) is 49.8 Å². The number of thiophene rings is 1. The molecule has 0 saturated carbocycles. The molecule has 6 rings (SSSR count). The highest BCUT2D eigenvalue weighted by Crippen LogP contribution is 2.41. The molecule has 1 aliphatic carbocycles. The number of ether oxygens (including phenoxy) is 1. The summed E-state index contributed by atoms with van der Waals surface area (Å²) < 4.78 is 5.56. The van der Waals surface area contributed by atoms with Crippen LogP contribution in [0.25, 0.3) is 10.2 Å². The van der Waals surface area contributed by atoms with Crippen LogP contribution in [0.3, 0.4) is 0 Å². The summed E-state index contributed by atoms with van der Waals surface area (Å²) in [4.78, 5) is 20.7. The van der Waals surface area contributed by atoms with Crippen molar-refractivity contribution in [1.29, 1.82) is 0 Å². The number of anilines is 2. The molecule has 35 heavy (non-hydrogen) atoms. The van der Waals surface area contributed by atoms with Gasteiger partial charge in [0.15, 0.2) is 0 Å². The highest BCUT2D eigenvalue weighted by atomic mass is 32.1. The maximum atomic E-state index is 5.56. The standard InChI is InChI=1S/C28H37N5OS/c1-19-7-8-22-24(17-19)35-28-26(22)27(29-25(30-28)18-31-13-15-34-16-14-31)33-11-9-32(10-12-33)23-6-4-5-20(2)21(23)3/h4-6,19H,7-18H2,1-3H3. The number of aromatic nitrogens is 2. The second-order valence-corrected chi connectivity index (χ2v) is 11.7. The molecule has 4 heterocycles. The van der Waals surface area contributed by atoms with E-state index in [0.29, 0.717) is 0 Å². The first-order valence-electron chi connectivity index (χ1n) is 13.2. The number of aryl methyl sites for hydroxylation is 2. The Morgan fingerprint density at radius 3 is 2.57 bits per heavy atom. The van der Waals surface area contributed by atoms with E-state index in [9.17, 15) is 0 Å². The van der Waals surface area contributed by atoms with E-state index in [2.05, 4.69) is 53.7 Å². The van der Waals surface area contributed by atoms with Gasteiger partial charge in [0.25, 0.3) is 0 Å². The fourth-order valence-corrected chi connectivity index (χ4v) is 7.26. The molecule has 2 fully saturated rings. The molecule has 7 heteroatoms. The van der Waals surface area contributed by atoms with E-state index in [1.165, 1.54) is 51.3 Å². The summed E-state index contributed by atoms with van der Waals surface area (Å²) in [6.07, 6.45) is 3.63. The monoisotopic (exact) mass is 491 g/mol. The fraction of sp³-hybridized carbons (Fsp3) is 0.571. The van der Waals surface area contributed by atoms with Crippen molar-refractivity contribution in [1.82, 2.24) is 14.9 Å². The lowest BCUT2D eigenvalue weighted by atomic mass is 9.89. The van der Waals surface area contributed by atoms with Crippen molar-refractivity contribution in [2.75, 3.05) is 62.3 Å². The topological polar surface area (TPSA) is 44.7 Å². The van der Waals surface area contributed by atoms with Crippen LogP contribution in [0.2, 0.25) is 0 Å². The summed E-state index contributed by atoms with van der Waals surface area (Å²) in [7, 11) is 0. The van der Waals surface area contributed by atoms with Crippen LogP contribution in [0.4, 0.5) is 11.5 Å². The first-order valence-corrected chi connectivity index (χ1v) is 14.1. The van der Waals surface area contributed by atoms with Crippen molar-refractivity contribution < 1.29 is 4.74 Å². The van der Waals surface area contributed by atoms with Gasteiger partial charge in [-0.1, -0.05) is 19.1 Å². The average molecular weight is 492 g/mol. The highest BCUT2D eigenvalue weighted by Gasteiger charge is 2.28. The predicted molar refractivity (Wildman–Crippen MR) is 145 cm³/mol. The molecule has 2 aliphatic heterocycles. The molecule has 0 amide bonds. The van der Waals surface area contributed by atoms with Gasteiger partial charge in [-0.05, 0) is 61.8 Å². The van der Waals surface area contributed by atoms with Gasteiger partial charge in [0.1, 0.15) is 16.5 Å². The molecule has 0 bridgehead atoms. The number of piperazine rings is 1. The minimum atomic E-state index is 0.765. The van der Waals surface area contributed by atoms with Gasteiger partial charge < -0.3 is 14.5 Å². The third kappa shape index (κ3) is 4.54. The van der Waals surface area contributed by atoms with Crippen molar-refractivity contribution in [3.05, 3.63) is 45.6 Å². The van der Waals surface area contributed by atoms with Crippen molar-refractivity contribution in [2.24, 2.45) is 5.92 Å². The second-order valence-electron chi connectivity index (χ2n) is 10.6.